The fourth-order valence-corrected chi connectivity index (χ4v) is 2.71. The number of hydrogen-bond acceptors (Lipinski definition) is 6. The Bertz CT molecular complexity index is 1090. The molecule has 3 rings (SSSR count). The molecular formula is C17H16F3N7O3. The van der Waals surface area contributed by atoms with Crippen LogP contribution in [0.3, 0.4) is 0 Å². The van der Waals surface area contributed by atoms with Crippen LogP contribution < -0.4 is 5.32 Å². The number of carbonyl (C=O) groups is 2. The second-order valence-corrected chi connectivity index (χ2v) is 6.17. The Morgan fingerprint density at radius 1 is 1.27 bits per heavy atom. The van der Waals surface area contributed by atoms with Crippen molar-refractivity contribution in [1.82, 2.24) is 34.8 Å². The largest absolute Gasteiger partial charge is 0.478 e. The average Bonchev–Trinajstić information content (AvgIpc) is 3.35. The van der Waals surface area contributed by atoms with Crippen molar-refractivity contribution in [2.24, 2.45) is 0 Å². The summed E-state index contributed by atoms with van der Waals surface area (Å²) in [4.78, 5) is 31.8. The summed E-state index contributed by atoms with van der Waals surface area (Å²) in [6.07, 6.45) is 0.418. The molecule has 1 amide bonds. The maximum absolute atomic E-state index is 13.1. The van der Waals surface area contributed by atoms with Gasteiger partial charge < -0.3 is 10.4 Å². The highest BCUT2D eigenvalue weighted by molar-refractivity contribution is 5.92. The van der Waals surface area contributed by atoms with Gasteiger partial charge in [-0.3, -0.25) is 14.5 Å². The molecular weight excluding hydrogens is 407 g/mol. The van der Waals surface area contributed by atoms with E-state index in [4.69, 9.17) is 5.11 Å². The zero-order chi connectivity index (χ0) is 22.1. The molecule has 13 heteroatoms. The molecule has 0 radical (unpaired) electrons. The van der Waals surface area contributed by atoms with E-state index in [1.54, 1.807) is 6.92 Å². The molecule has 0 saturated carbocycles. The van der Waals surface area contributed by atoms with E-state index in [9.17, 15) is 22.8 Å². The van der Waals surface area contributed by atoms with Gasteiger partial charge in [0.25, 0.3) is 5.91 Å². The van der Waals surface area contributed by atoms with Crippen molar-refractivity contribution in [3.63, 3.8) is 0 Å². The van der Waals surface area contributed by atoms with E-state index < -0.39 is 35.5 Å². The monoisotopic (exact) mass is 423 g/mol. The zero-order valence-corrected chi connectivity index (χ0v) is 15.8. The number of halogens is 3. The van der Waals surface area contributed by atoms with Crippen LogP contribution in [0.5, 0.6) is 0 Å². The minimum atomic E-state index is -4.65. The number of aromatic carboxylic acids is 1. The van der Waals surface area contributed by atoms with Crippen molar-refractivity contribution in [1.29, 1.82) is 0 Å². The number of carboxylic acids is 1. The lowest BCUT2D eigenvalue weighted by Gasteiger charge is -2.15. The first-order chi connectivity index (χ1) is 14.1. The summed E-state index contributed by atoms with van der Waals surface area (Å²) in [6.45, 7) is 2.97. The lowest BCUT2D eigenvalue weighted by atomic mass is 10.2. The number of aryl methyl sites for hydroxylation is 1. The predicted octanol–water partition coefficient (Wildman–Crippen LogP) is 2.09. The van der Waals surface area contributed by atoms with Gasteiger partial charge >= 0.3 is 12.1 Å². The van der Waals surface area contributed by atoms with E-state index in [0.717, 1.165) is 6.20 Å². The summed E-state index contributed by atoms with van der Waals surface area (Å²) in [7, 11) is 0. The third-order valence-electron chi connectivity index (χ3n) is 4.11. The number of amides is 1. The normalized spacial score (nSPS) is 12.6. The zero-order valence-electron chi connectivity index (χ0n) is 15.8. The number of nitrogens with zero attached hydrogens (tertiary/aromatic N) is 6. The molecule has 1 atom stereocenters. The van der Waals surface area contributed by atoms with Gasteiger partial charge in [0.05, 0.1) is 17.8 Å². The Balaban J connectivity index is 1.86. The number of alkyl halides is 3. The third kappa shape index (κ3) is 4.14. The topological polar surface area (TPSA) is 128 Å². The Morgan fingerprint density at radius 2 is 1.97 bits per heavy atom. The van der Waals surface area contributed by atoms with Crippen molar-refractivity contribution >= 4 is 11.9 Å². The standard InChI is InChI=1S/C17H16F3N7O3/c1-3-26-12(17(18,19)20)6-11(25-26)15(28)24-9(2)13-14(22-5-4-21-13)27-8-10(7-23-27)16(29)30/h4-9H,3H2,1-2H3,(H,24,28)(H,29,30). The van der Waals surface area contributed by atoms with Crippen molar-refractivity contribution in [2.75, 3.05) is 0 Å². The van der Waals surface area contributed by atoms with E-state index in [0.29, 0.717) is 10.7 Å². The van der Waals surface area contributed by atoms with Crippen LogP contribution in [0, 0.1) is 0 Å². The Morgan fingerprint density at radius 3 is 2.53 bits per heavy atom. The molecule has 3 aromatic rings. The fourth-order valence-electron chi connectivity index (χ4n) is 2.71. The van der Waals surface area contributed by atoms with Crippen LogP contribution in [0.2, 0.25) is 0 Å². The van der Waals surface area contributed by atoms with Crippen molar-refractivity contribution in [2.45, 2.75) is 32.6 Å². The van der Waals surface area contributed by atoms with E-state index >= 15 is 0 Å². The molecule has 0 aliphatic carbocycles. The van der Waals surface area contributed by atoms with Gasteiger partial charge in [0.15, 0.2) is 11.5 Å². The summed E-state index contributed by atoms with van der Waals surface area (Å²) in [5, 5.41) is 19.2. The first-order valence-corrected chi connectivity index (χ1v) is 8.67. The van der Waals surface area contributed by atoms with Crippen molar-refractivity contribution < 1.29 is 27.9 Å². The predicted molar refractivity (Wildman–Crippen MR) is 94.9 cm³/mol. The van der Waals surface area contributed by atoms with Gasteiger partial charge in [0.2, 0.25) is 0 Å². The van der Waals surface area contributed by atoms with E-state index in [1.807, 2.05) is 0 Å². The molecule has 2 N–H and O–H groups in total. The van der Waals surface area contributed by atoms with Gasteiger partial charge in [-0.15, -0.1) is 0 Å². The highest BCUT2D eigenvalue weighted by Crippen LogP contribution is 2.30. The Labute approximate surface area is 167 Å². The highest BCUT2D eigenvalue weighted by Gasteiger charge is 2.36. The molecule has 3 aromatic heterocycles. The minimum absolute atomic E-state index is 0.0583. The molecule has 30 heavy (non-hydrogen) atoms. The van der Waals surface area contributed by atoms with Crippen LogP contribution in [0.1, 0.15) is 52.1 Å². The highest BCUT2D eigenvalue weighted by atomic mass is 19.4. The molecule has 0 bridgehead atoms. The SMILES string of the molecule is CCn1nc(C(=O)NC(C)c2nccnc2-n2cc(C(=O)O)cn2)cc1C(F)(F)F. The third-order valence-corrected chi connectivity index (χ3v) is 4.11. The smallest absolute Gasteiger partial charge is 0.433 e. The fraction of sp³-hybridized carbons (Fsp3) is 0.294. The number of hydrogen-bond donors (Lipinski definition) is 2. The Kier molecular flexibility index (Phi) is 5.54. The maximum Gasteiger partial charge on any atom is 0.433 e. The lowest BCUT2D eigenvalue weighted by Crippen LogP contribution is -2.29. The van der Waals surface area contributed by atoms with Gasteiger partial charge in [-0.1, -0.05) is 0 Å². The van der Waals surface area contributed by atoms with Crippen LogP contribution in [-0.4, -0.2) is 46.5 Å². The summed E-state index contributed by atoms with van der Waals surface area (Å²) < 4.78 is 41.1. The Hall–Kier alpha value is -3.77. The van der Waals surface area contributed by atoms with Gasteiger partial charge in [-0.2, -0.15) is 23.4 Å². The first kappa shape index (κ1) is 21.0. The van der Waals surface area contributed by atoms with Crippen LogP contribution in [0.15, 0.2) is 30.9 Å². The molecule has 0 aromatic carbocycles. The van der Waals surface area contributed by atoms with Gasteiger partial charge in [0, 0.05) is 31.2 Å². The number of carbonyl (C=O) groups excluding carboxylic acids is 1. The first-order valence-electron chi connectivity index (χ1n) is 8.67. The second kappa shape index (κ2) is 7.93. The van der Waals surface area contributed by atoms with Crippen molar-refractivity contribution in [3.05, 3.63) is 53.5 Å². The van der Waals surface area contributed by atoms with Gasteiger partial charge in [-0.05, 0) is 13.8 Å². The van der Waals surface area contributed by atoms with Crippen LogP contribution in [0.25, 0.3) is 5.82 Å². The second-order valence-electron chi connectivity index (χ2n) is 6.17. The van der Waals surface area contributed by atoms with Crippen molar-refractivity contribution in [3.8, 4) is 5.82 Å². The number of aromatic nitrogens is 6. The molecule has 10 nitrogen and oxygen atoms in total. The van der Waals surface area contributed by atoms with E-state index in [-0.39, 0.29) is 23.6 Å². The van der Waals surface area contributed by atoms with Crippen LogP contribution in [0.4, 0.5) is 13.2 Å². The summed E-state index contributed by atoms with van der Waals surface area (Å²) >= 11 is 0. The quantitative estimate of drug-likeness (QED) is 0.621. The van der Waals surface area contributed by atoms with Crippen LogP contribution in [-0.2, 0) is 12.7 Å². The summed E-state index contributed by atoms with van der Waals surface area (Å²) in [5.41, 5.74) is -1.26. The van der Waals surface area contributed by atoms with Gasteiger partial charge in [0.1, 0.15) is 11.4 Å². The lowest BCUT2D eigenvalue weighted by molar-refractivity contribution is -0.144. The molecule has 0 aliphatic heterocycles. The number of rotatable bonds is 6. The molecule has 0 saturated heterocycles. The summed E-state index contributed by atoms with van der Waals surface area (Å²) in [6, 6.07) is -0.115. The number of carboxylic acid groups (broad SMARTS) is 1. The minimum Gasteiger partial charge on any atom is -0.478 e. The van der Waals surface area contributed by atoms with E-state index in [1.165, 1.54) is 30.2 Å². The molecule has 0 aliphatic rings. The maximum atomic E-state index is 13.1. The van der Waals surface area contributed by atoms with E-state index in [2.05, 4.69) is 25.5 Å². The van der Waals surface area contributed by atoms with Crippen LogP contribution >= 0.6 is 0 Å². The number of nitrogens with one attached hydrogen (secondary N) is 1. The molecule has 0 fully saturated rings. The molecule has 158 valence electrons. The molecule has 0 spiro atoms. The summed E-state index contributed by atoms with van der Waals surface area (Å²) in [5.74, 6) is -1.85. The average molecular weight is 423 g/mol. The molecule has 3 heterocycles. The van der Waals surface area contributed by atoms with Gasteiger partial charge in [-0.25, -0.2) is 14.5 Å². The molecule has 1 unspecified atom stereocenters.